The van der Waals surface area contributed by atoms with Gasteiger partial charge in [-0.1, -0.05) is 121 Å². The van der Waals surface area contributed by atoms with Gasteiger partial charge in [0.2, 0.25) is 0 Å². The van der Waals surface area contributed by atoms with E-state index in [1.54, 1.807) is 0 Å². The highest BCUT2D eigenvalue weighted by atomic mass is 14.0. The van der Waals surface area contributed by atoms with Crippen LogP contribution in [-0.2, 0) is 0 Å². The Labute approximate surface area is 177 Å². The number of fused-ring (bicyclic) bond motifs is 2. The third-order valence-corrected chi connectivity index (χ3v) is 5.42. The van der Waals surface area contributed by atoms with Crippen LogP contribution in [0.4, 0.5) is 0 Å². The van der Waals surface area contributed by atoms with E-state index in [1.165, 1.54) is 43.8 Å². The van der Waals surface area contributed by atoms with Crippen molar-refractivity contribution in [3.63, 3.8) is 0 Å². The molecule has 0 aliphatic heterocycles. The molecule has 0 bridgehead atoms. The SMILES string of the molecule is C(=Cc1ccc2ccccc2c1)c1ccc(C=Cc2ccc3ccccc3c2)cc1. The topological polar surface area (TPSA) is 0 Å². The van der Waals surface area contributed by atoms with Crippen molar-refractivity contribution in [3.05, 3.63) is 131 Å². The Kier molecular flexibility index (Phi) is 4.98. The maximum atomic E-state index is 2.23. The van der Waals surface area contributed by atoms with Crippen LogP contribution in [0.2, 0.25) is 0 Å². The molecule has 0 atom stereocenters. The quantitative estimate of drug-likeness (QED) is 0.274. The van der Waals surface area contributed by atoms with Gasteiger partial charge in [0.05, 0.1) is 0 Å². The maximum Gasteiger partial charge on any atom is -0.0178 e. The molecule has 0 fully saturated rings. The summed E-state index contributed by atoms with van der Waals surface area (Å²) in [6.07, 6.45) is 8.68. The molecule has 0 aliphatic rings. The third-order valence-electron chi connectivity index (χ3n) is 5.42. The van der Waals surface area contributed by atoms with Gasteiger partial charge in [-0.05, 0) is 55.9 Å². The van der Waals surface area contributed by atoms with Gasteiger partial charge in [0, 0.05) is 0 Å². The molecule has 0 spiro atoms. The van der Waals surface area contributed by atoms with Gasteiger partial charge < -0.3 is 0 Å². The fourth-order valence-corrected chi connectivity index (χ4v) is 3.73. The molecule has 0 unspecified atom stereocenters. The van der Waals surface area contributed by atoms with Gasteiger partial charge in [-0.2, -0.15) is 0 Å². The summed E-state index contributed by atoms with van der Waals surface area (Å²) in [5.74, 6) is 0. The van der Waals surface area contributed by atoms with E-state index >= 15 is 0 Å². The molecule has 142 valence electrons. The van der Waals surface area contributed by atoms with Gasteiger partial charge in [-0.15, -0.1) is 0 Å². The monoisotopic (exact) mass is 382 g/mol. The third kappa shape index (κ3) is 4.09. The summed E-state index contributed by atoms with van der Waals surface area (Å²) in [4.78, 5) is 0. The molecule has 0 saturated heterocycles. The highest BCUT2D eigenvalue weighted by Gasteiger charge is 1.95. The minimum atomic E-state index is 1.20. The highest BCUT2D eigenvalue weighted by Crippen LogP contribution is 2.19. The molecule has 0 heterocycles. The largest absolute Gasteiger partial charge is 0.0616 e. The molecule has 0 heteroatoms. The van der Waals surface area contributed by atoms with Gasteiger partial charge in [0.25, 0.3) is 0 Å². The first-order chi connectivity index (χ1) is 14.8. The normalized spacial score (nSPS) is 11.7. The van der Waals surface area contributed by atoms with E-state index < -0.39 is 0 Å². The first-order valence-electron chi connectivity index (χ1n) is 10.3. The van der Waals surface area contributed by atoms with Crippen LogP contribution in [-0.4, -0.2) is 0 Å². The first-order valence-corrected chi connectivity index (χ1v) is 10.3. The second-order valence-corrected chi connectivity index (χ2v) is 7.55. The van der Waals surface area contributed by atoms with E-state index in [2.05, 4.69) is 133 Å². The predicted octanol–water partition coefficient (Wildman–Crippen LogP) is 8.33. The number of benzene rings is 5. The second-order valence-electron chi connectivity index (χ2n) is 7.55. The van der Waals surface area contributed by atoms with Crippen molar-refractivity contribution in [1.29, 1.82) is 0 Å². The summed E-state index contributed by atoms with van der Waals surface area (Å²) in [5.41, 5.74) is 4.83. The zero-order chi connectivity index (χ0) is 20.2. The lowest BCUT2D eigenvalue weighted by atomic mass is 10.0. The van der Waals surface area contributed by atoms with E-state index in [0.717, 1.165) is 0 Å². The Morgan fingerprint density at radius 2 is 0.633 bits per heavy atom. The van der Waals surface area contributed by atoms with Gasteiger partial charge in [-0.3, -0.25) is 0 Å². The second kappa shape index (κ2) is 8.23. The van der Waals surface area contributed by atoms with Crippen molar-refractivity contribution < 1.29 is 0 Å². The molecule has 30 heavy (non-hydrogen) atoms. The lowest BCUT2D eigenvalue weighted by molar-refractivity contribution is 1.62. The Balaban J connectivity index is 1.30. The van der Waals surface area contributed by atoms with Gasteiger partial charge in [-0.25, -0.2) is 0 Å². The molecule has 0 aliphatic carbocycles. The van der Waals surface area contributed by atoms with E-state index in [4.69, 9.17) is 0 Å². The van der Waals surface area contributed by atoms with Crippen molar-refractivity contribution in [1.82, 2.24) is 0 Å². The van der Waals surface area contributed by atoms with Crippen LogP contribution in [0.25, 0.3) is 45.8 Å². The summed E-state index contributed by atoms with van der Waals surface area (Å²) in [7, 11) is 0. The van der Waals surface area contributed by atoms with Crippen LogP contribution < -0.4 is 0 Å². The number of hydrogen-bond donors (Lipinski definition) is 0. The van der Waals surface area contributed by atoms with E-state index in [1.807, 2.05) is 0 Å². The fourth-order valence-electron chi connectivity index (χ4n) is 3.73. The zero-order valence-corrected chi connectivity index (χ0v) is 16.7. The maximum absolute atomic E-state index is 2.23. The van der Waals surface area contributed by atoms with Gasteiger partial charge in [0.15, 0.2) is 0 Å². The molecule has 5 rings (SSSR count). The highest BCUT2D eigenvalue weighted by molar-refractivity contribution is 5.87. The molecule has 0 N–H and O–H groups in total. The number of hydrogen-bond acceptors (Lipinski definition) is 0. The van der Waals surface area contributed by atoms with Crippen molar-refractivity contribution in [2.45, 2.75) is 0 Å². The molecule has 0 nitrogen and oxygen atoms in total. The molecule has 0 radical (unpaired) electrons. The van der Waals surface area contributed by atoms with Crippen molar-refractivity contribution in [3.8, 4) is 0 Å². The predicted molar refractivity (Wildman–Crippen MR) is 132 cm³/mol. The molecule has 0 saturated carbocycles. The molecule has 5 aromatic rings. The van der Waals surface area contributed by atoms with E-state index in [-0.39, 0.29) is 0 Å². The Morgan fingerprint density at radius 3 is 1.07 bits per heavy atom. The lowest BCUT2D eigenvalue weighted by Gasteiger charge is -2.01. The molecule has 0 amide bonds. The Morgan fingerprint density at radius 1 is 0.300 bits per heavy atom. The minimum Gasteiger partial charge on any atom is -0.0616 e. The average Bonchev–Trinajstić information content (AvgIpc) is 2.82. The average molecular weight is 383 g/mol. The van der Waals surface area contributed by atoms with Crippen LogP contribution in [0.3, 0.4) is 0 Å². The molecule has 0 aromatic heterocycles. The van der Waals surface area contributed by atoms with Crippen molar-refractivity contribution in [2.75, 3.05) is 0 Å². The molecular formula is C30H22. The molecular weight excluding hydrogens is 360 g/mol. The van der Waals surface area contributed by atoms with Crippen LogP contribution >= 0.6 is 0 Å². The van der Waals surface area contributed by atoms with Crippen LogP contribution in [0, 0.1) is 0 Å². The van der Waals surface area contributed by atoms with Gasteiger partial charge >= 0.3 is 0 Å². The van der Waals surface area contributed by atoms with E-state index in [9.17, 15) is 0 Å². The summed E-state index contributed by atoms with van der Waals surface area (Å²) in [5, 5.41) is 5.09. The van der Waals surface area contributed by atoms with Crippen molar-refractivity contribution in [2.24, 2.45) is 0 Å². The van der Waals surface area contributed by atoms with E-state index in [0.29, 0.717) is 0 Å². The van der Waals surface area contributed by atoms with Gasteiger partial charge in [0.1, 0.15) is 0 Å². The summed E-state index contributed by atoms with van der Waals surface area (Å²) in [6, 6.07) is 38.7. The summed E-state index contributed by atoms with van der Waals surface area (Å²) >= 11 is 0. The standard InChI is InChI=1S/C30H22/c1-3-7-29-21-25(17-19-27(29)5-1)15-13-23-9-11-24(12-10-23)14-16-26-18-20-28-6-2-4-8-30(28)22-26/h1-22H. The summed E-state index contributed by atoms with van der Waals surface area (Å²) < 4.78 is 0. The Bertz CT molecular complexity index is 1260. The smallest absolute Gasteiger partial charge is 0.0178 e. The summed E-state index contributed by atoms with van der Waals surface area (Å²) in [6.45, 7) is 0. The van der Waals surface area contributed by atoms with Crippen LogP contribution in [0.15, 0.2) is 109 Å². The minimum absolute atomic E-state index is 1.20. The first kappa shape index (κ1) is 18.1. The molecule has 5 aromatic carbocycles. The fraction of sp³-hybridized carbons (Fsp3) is 0. The zero-order valence-electron chi connectivity index (χ0n) is 16.7. The number of rotatable bonds is 4. The van der Waals surface area contributed by atoms with Crippen LogP contribution in [0.1, 0.15) is 22.3 Å². The van der Waals surface area contributed by atoms with Crippen molar-refractivity contribution >= 4 is 45.8 Å². The Hall–Kier alpha value is -3.90. The lowest BCUT2D eigenvalue weighted by Crippen LogP contribution is -1.78. The van der Waals surface area contributed by atoms with Crippen LogP contribution in [0.5, 0.6) is 0 Å².